The Balaban J connectivity index is 1.93. The Morgan fingerprint density at radius 3 is 3.00 bits per heavy atom. The first-order valence-corrected chi connectivity index (χ1v) is 5.90. The van der Waals surface area contributed by atoms with Gasteiger partial charge in [0.2, 0.25) is 0 Å². The van der Waals surface area contributed by atoms with E-state index in [4.69, 9.17) is 17.3 Å². The molecule has 88 valence electrons. The lowest BCUT2D eigenvalue weighted by atomic mass is 10.2. The van der Waals surface area contributed by atoms with Gasteiger partial charge in [0.1, 0.15) is 0 Å². The molecule has 17 heavy (non-hydrogen) atoms. The predicted molar refractivity (Wildman–Crippen MR) is 64.8 cm³/mol. The van der Waals surface area contributed by atoms with Crippen LogP contribution in [0.5, 0.6) is 0 Å². The maximum absolute atomic E-state index is 6.07. The maximum Gasteiger partial charge on any atom is 0.169 e. The third-order valence-electron chi connectivity index (χ3n) is 2.94. The van der Waals surface area contributed by atoms with Crippen molar-refractivity contribution in [2.45, 2.75) is 25.3 Å². The molecule has 0 aliphatic heterocycles. The molecule has 0 saturated heterocycles. The van der Waals surface area contributed by atoms with Gasteiger partial charge in [0.15, 0.2) is 5.82 Å². The average Bonchev–Trinajstić information content (AvgIpc) is 3.08. The summed E-state index contributed by atoms with van der Waals surface area (Å²) in [7, 11) is 0. The molecule has 1 fully saturated rings. The van der Waals surface area contributed by atoms with Gasteiger partial charge < -0.3 is 5.73 Å². The van der Waals surface area contributed by atoms with Gasteiger partial charge in [-0.05, 0) is 24.5 Å². The Labute approximate surface area is 104 Å². The van der Waals surface area contributed by atoms with Gasteiger partial charge in [0.25, 0.3) is 0 Å². The van der Waals surface area contributed by atoms with Crippen molar-refractivity contribution in [1.82, 2.24) is 20.0 Å². The van der Waals surface area contributed by atoms with Crippen molar-refractivity contribution in [1.29, 1.82) is 0 Å². The van der Waals surface area contributed by atoms with E-state index in [0.29, 0.717) is 23.3 Å². The van der Waals surface area contributed by atoms with Gasteiger partial charge in [0.05, 0.1) is 17.3 Å². The van der Waals surface area contributed by atoms with Gasteiger partial charge in [-0.3, -0.25) is 4.98 Å². The van der Waals surface area contributed by atoms with Crippen LogP contribution in [0.25, 0.3) is 0 Å². The quantitative estimate of drug-likeness (QED) is 0.901. The number of nitrogens with zero attached hydrogens (tertiary/aromatic N) is 4. The zero-order valence-electron chi connectivity index (χ0n) is 9.17. The molecule has 0 spiro atoms. The third kappa shape index (κ3) is 1.98. The molecule has 5 nitrogen and oxygen atoms in total. The Morgan fingerprint density at radius 1 is 1.47 bits per heavy atom. The minimum absolute atomic E-state index is 0.519. The summed E-state index contributed by atoms with van der Waals surface area (Å²) < 4.78 is 1.84. The number of hydrogen-bond acceptors (Lipinski definition) is 4. The first-order valence-electron chi connectivity index (χ1n) is 5.53. The van der Waals surface area contributed by atoms with Crippen molar-refractivity contribution in [2.75, 3.05) is 5.73 Å². The van der Waals surface area contributed by atoms with E-state index in [-0.39, 0.29) is 0 Å². The van der Waals surface area contributed by atoms with Crippen LogP contribution >= 0.6 is 11.6 Å². The van der Waals surface area contributed by atoms with Crippen LogP contribution in [0.15, 0.2) is 18.5 Å². The highest BCUT2D eigenvalue weighted by atomic mass is 35.5. The highest BCUT2D eigenvalue weighted by Gasteiger charge is 2.30. The zero-order valence-corrected chi connectivity index (χ0v) is 9.93. The summed E-state index contributed by atoms with van der Waals surface area (Å²) in [6.45, 7) is 0.595. The molecule has 2 N–H and O–H groups in total. The van der Waals surface area contributed by atoms with Crippen LogP contribution in [-0.4, -0.2) is 20.0 Å². The minimum Gasteiger partial charge on any atom is -0.381 e. The molecule has 0 unspecified atom stereocenters. The summed E-state index contributed by atoms with van der Waals surface area (Å²) in [5.41, 5.74) is 7.85. The first kappa shape index (κ1) is 10.5. The summed E-state index contributed by atoms with van der Waals surface area (Å²) in [5, 5.41) is 8.65. The normalized spacial score (nSPS) is 15.1. The topological polar surface area (TPSA) is 69.6 Å². The Morgan fingerprint density at radius 2 is 2.29 bits per heavy atom. The molecule has 0 bridgehead atoms. The molecule has 0 radical (unpaired) electrons. The Hall–Kier alpha value is -1.62. The van der Waals surface area contributed by atoms with E-state index in [0.717, 1.165) is 11.3 Å². The number of rotatable bonds is 3. The second kappa shape index (κ2) is 4.00. The molecule has 2 aromatic rings. The molecule has 1 saturated carbocycles. The van der Waals surface area contributed by atoms with Crippen LogP contribution in [0.4, 0.5) is 5.82 Å². The highest BCUT2D eigenvalue weighted by Crippen LogP contribution is 2.42. The Kier molecular flexibility index (Phi) is 2.48. The second-order valence-electron chi connectivity index (χ2n) is 4.26. The van der Waals surface area contributed by atoms with Crippen molar-refractivity contribution in [3.8, 4) is 0 Å². The number of hydrogen-bond donors (Lipinski definition) is 1. The summed E-state index contributed by atoms with van der Waals surface area (Å²) in [6.07, 6.45) is 5.69. The first-order chi connectivity index (χ1) is 8.25. The van der Waals surface area contributed by atoms with E-state index in [1.54, 1.807) is 12.4 Å². The summed E-state index contributed by atoms with van der Waals surface area (Å²) in [6, 6.07) is 1.89. The molecule has 2 aromatic heterocycles. The molecule has 6 heteroatoms. The van der Waals surface area contributed by atoms with Gasteiger partial charge in [-0.25, -0.2) is 4.68 Å². The van der Waals surface area contributed by atoms with Crippen molar-refractivity contribution in [3.05, 3.63) is 34.7 Å². The number of nitrogens with two attached hydrogens (primary N) is 1. The van der Waals surface area contributed by atoms with E-state index in [1.165, 1.54) is 12.8 Å². The zero-order chi connectivity index (χ0) is 11.8. The Bertz CT molecular complexity index is 547. The fraction of sp³-hybridized carbons (Fsp3) is 0.364. The van der Waals surface area contributed by atoms with Crippen molar-refractivity contribution in [2.24, 2.45) is 0 Å². The van der Waals surface area contributed by atoms with Crippen LogP contribution < -0.4 is 5.73 Å². The monoisotopic (exact) mass is 249 g/mol. The van der Waals surface area contributed by atoms with Crippen LogP contribution in [-0.2, 0) is 6.54 Å². The minimum atomic E-state index is 0.519. The van der Waals surface area contributed by atoms with E-state index >= 15 is 0 Å². The molecule has 1 aliphatic carbocycles. The van der Waals surface area contributed by atoms with Gasteiger partial charge in [-0.15, -0.1) is 5.10 Å². The average molecular weight is 250 g/mol. The summed E-state index contributed by atoms with van der Waals surface area (Å²) in [5.74, 6) is 1.06. The SMILES string of the molecule is Nc1nnn(Cc2ccncc2Cl)c1C1CC1. The highest BCUT2D eigenvalue weighted by molar-refractivity contribution is 6.31. The number of halogens is 1. The molecule has 0 aromatic carbocycles. The second-order valence-corrected chi connectivity index (χ2v) is 4.67. The standard InChI is InChI=1S/C11H12ClN5/c12-9-5-14-4-3-8(9)6-17-10(7-1-2-7)11(13)15-16-17/h3-5,7H,1-2,6,13H2. The smallest absolute Gasteiger partial charge is 0.169 e. The van der Waals surface area contributed by atoms with Crippen LogP contribution in [0, 0.1) is 0 Å². The lowest BCUT2D eigenvalue weighted by Gasteiger charge is -2.07. The lowest BCUT2D eigenvalue weighted by Crippen LogP contribution is -2.07. The van der Waals surface area contributed by atoms with Crippen molar-refractivity contribution < 1.29 is 0 Å². The molecular formula is C11H12ClN5. The fourth-order valence-corrected chi connectivity index (χ4v) is 2.10. The van der Waals surface area contributed by atoms with Crippen LogP contribution in [0.3, 0.4) is 0 Å². The molecule has 0 atom stereocenters. The largest absolute Gasteiger partial charge is 0.381 e. The van der Waals surface area contributed by atoms with E-state index in [1.807, 2.05) is 10.7 Å². The van der Waals surface area contributed by atoms with Gasteiger partial charge in [-0.1, -0.05) is 16.8 Å². The van der Waals surface area contributed by atoms with Gasteiger partial charge >= 0.3 is 0 Å². The maximum atomic E-state index is 6.07. The number of nitrogen functional groups attached to an aromatic ring is 1. The molecular weight excluding hydrogens is 238 g/mol. The van der Waals surface area contributed by atoms with E-state index in [9.17, 15) is 0 Å². The van der Waals surface area contributed by atoms with Gasteiger partial charge in [0, 0.05) is 18.3 Å². The van der Waals surface area contributed by atoms with E-state index in [2.05, 4.69) is 15.3 Å². The summed E-state index contributed by atoms with van der Waals surface area (Å²) >= 11 is 6.07. The molecule has 0 amide bonds. The number of aromatic nitrogens is 4. The third-order valence-corrected chi connectivity index (χ3v) is 3.28. The number of anilines is 1. The van der Waals surface area contributed by atoms with Gasteiger partial charge in [-0.2, -0.15) is 0 Å². The van der Waals surface area contributed by atoms with Crippen molar-refractivity contribution >= 4 is 17.4 Å². The van der Waals surface area contributed by atoms with Crippen molar-refractivity contribution in [3.63, 3.8) is 0 Å². The summed E-state index contributed by atoms with van der Waals surface area (Å²) in [4.78, 5) is 3.96. The fourth-order valence-electron chi connectivity index (χ4n) is 1.92. The molecule has 2 heterocycles. The molecule has 3 rings (SSSR count). The predicted octanol–water partition coefficient (Wildman–Crippen LogP) is 1.83. The van der Waals surface area contributed by atoms with Crippen LogP contribution in [0.1, 0.15) is 30.0 Å². The van der Waals surface area contributed by atoms with Crippen LogP contribution in [0.2, 0.25) is 5.02 Å². The lowest BCUT2D eigenvalue weighted by molar-refractivity contribution is 0.619. The number of pyridine rings is 1. The van der Waals surface area contributed by atoms with E-state index < -0.39 is 0 Å². The molecule has 1 aliphatic rings.